The van der Waals surface area contributed by atoms with Crippen LogP contribution >= 0.6 is 0 Å². The summed E-state index contributed by atoms with van der Waals surface area (Å²) in [6.45, 7) is 12.9. The molecule has 0 aromatic rings. The SMILES string of the molecule is C=C(C)C(=O)OCC(O)COC(C)C(C)OCC(O)COC(=O)C(=C)C. The van der Waals surface area contributed by atoms with E-state index in [0.717, 1.165) is 0 Å². The van der Waals surface area contributed by atoms with Crippen molar-refractivity contribution in [3.05, 3.63) is 24.3 Å². The molecule has 4 unspecified atom stereocenters. The lowest BCUT2D eigenvalue weighted by molar-refractivity contribution is -0.147. The van der Waals surface area contributed by atoms with Crippen LogP contribution in [0.15, 0.2) is 24.3 Å². The number of hydrogen-bond acceptors (Lipinski definition) is 8. The highest BCUT2D eigenvalue weighted by Crippen LogP contribution is 2.06. The van der Waals surface area contributed by atoms with E-state index in [4.69, 9.17) is 18.9 Å². The van der Waals surface area contributed by atoms with Crippen molar-refractivity contribution in [2.24, 2.45) is 0 Å². The molecule has 8 heteroatoms. The van der Waals surface area contributed by atoms with Gasteiger partial charge in [0.2, 0.25) is 0 Å². The molecule has 0 aliphatic heterocycles. The molecule has 8 nitrogen and oxygen atoms in total. The number of esters is 2. The average molecular weight is 374 g/mol. The molecule has 0 radical (unpaired) electrons. The van der Waals surface area contributed by atoms with Gasteiger partial charge in [-0.05, 0) is 27.7 Å². The summed E-state index contributed by atoms with van der Waals surface area (Å²) in [6, 6.07) is 0. The fourth-order valence-corrected chi connectivity index (χ4v) is 1.48. The van der Waals surface area contributed by atoms with Crippen LogP contribution in [0.2, 0.25) is 0 Å². The van der Waals surface area contributed by atoms with Gasteiger partial charge in [-0.2, -0.15) is 0 Å². The molecule has 0 amide bonds. The zero-order chi connectivity index (χ0) is 20.3. The summed E-state index contributed by atoms with van der Waals surface area (Å²) >= 11 is 0. The summed E-state index contributed by atoms with van der Waals surface area (Å²) in [6.07, 6.45) is -2.71. The van der Waals surface area contributed by atoms with E-state index >= 15 is 0 Å². The van der Waals surface area contributed by atoms with Crippen LogP contribution < -0.4 is 0 Å². The molecule has 4 atom stereocenters. The van der Waals surface area contributed by atoms with E-state index < -0.39 is 24.1 Å². The van der Waals surface area contributed by atoms with Crippen LogP contribution in [0.25, 0.3) is 0 Å². The molecule has 0 aliphatic rings. The van der Waals surface area contributed by atoms with Crippen molar-refractivity contribution >= 4 is 11.9 Å². The van der Waals surface area contributed by atoms with E-state index in [9.17, 15) is 19.8 Å². The van der Waals surface area contributed by atoms with Gasteiger partial charge < -0.3 is 29.2 Å². The van der Waals surface area contributed by atoms with Crippen LogP contribution in [-0.2, 0) is 28.5 Å². The van der Waals surface area contributed by atoms with Crippen LogP contribution in [0.3, 0.4) is 0 Å². The van der Waals surface area contributed by atoms with Crippen LogP contribution in [0.4, 0.5) is 0 Å². The van der Waals surface area contributed by atoms with Crippen molar-refractivity contribution in [2.75, 3.05) is 26.4 Å². The number of aliphatic hydroxyl groups is 2. The van der Waals surface area contributed by atoms with Crippen molar-refractivity contribution in [1.82, 2.24) is 0 Å². The standard InChI is InChI=1S/C18H30O8/c1-11(2)17(21)25-9-15(19)7-23-13(5)14(6)24-8-16(20)10-26-18(22)12(3)4/h13-16,19-20H,1,3,7-10H2,2,4-6H3. The first kappa shape index (κ1) is 24.3. The number of hydrogen-bond donors (Lipinski definition) is 2. The van der Waals surface area contributed by atoms with Gasteiger partial charge in [0.15, 0.2) is 0 Å². The molecule has 0 saturated carbocycles. The maximum absolute atomic E-state index is 11.2. The zero-order valence-electron chi connectivity index (χ0n) is 15.9. The van der Waals surface area contributed by atoms with Crippen LogP contribution in [0, 0.1) is 0 Å². The van der Waals surface area contributed by atoms with Gasteiger partial charge in [0.25, 0.3) is 0 Å². The summed E-state index contributed by atoms with van der Waals surface area (Å²) in [7, 11) is 0. The van der Waals surface area contributed by atoms with Gasteiger partial charge in [0, 0.05) is 11.1 Å². The van der Waals surface area contributed by atoms with Gasteiger partial charge in [0.05, 0.1) is 25.4 Å². The quantitative estimate of drug-likeness (QED) is 0.359. The summed E-state index contributed by atoms with van der Waals surface area (Å²) in [5, 5.41) is 19.5. The summed E-state index contributed by atoms with van der Waals surface area (Å²) in [4.78, 5) is 22.4. The van der Waals surface area contributed by atoms with E-state index in [-0.39, 0.29) is 49.8 Å². The normalized spacial score (nSPS) is 15.5. The van der Waals surface area contributed by atoms with Crippen molar-refractivity contribution in [2.45, 2.75) is 52.1 Å². The van der Waals surface area contributed by atoms with E-state index in [1.54, 1.807) is 13.8 Å². The largest absolute Gasteiger partial charge is 0.460 e. The second kappa shape index (κ2) is 12.6. The first-order valence-electron chi connectivity index (χ1n) is 8.29. The maximum Gasteiger partial charge on any atom is 0.333 e. The first-order chi connectivity index (χ1) is 12.0. The molecule has 150 valence electrons. The van der Waals surface area contributed by atoms with Crippen molar-refractivity contribution in [3.8, 4) is 0 Å². The number of carbonyl (C=O) groups excluding carboxylic acids is 2. The molecule has 0 aromatic carbocycles. The third-order valence-electron chi connectivity index (χ3n) is 3.27. The molecule has 0 spiro atoms. The predicted molar refractivity (Wildman–Crippen MR) is 94.4 cm³/mol. The predicted octanol–water partition coefficient (Wildman–Crippen LogP) is 0.757. The number of ether oxygens (including phenoxy) is 4. The first-order valence-corrected chi connectivity index (χ1v) is 8.29. The topological polar surface area (TPSA) is 112 Å². The molecule has 0 rings (SSSR count). The van der Waals surface area contributed by atoms with Crippen LogP contribution in [0.1, 0.15) is 27.7 Å². The summed E-state index contributed by atoms with van der Waals surface area (Å²) < 4.78 is 20.5. The van der Waals surface area contributed by atoms with Gasteiger partial charge in [-0.1, -0.05) is 13.2 Å². The highest BCUT2D eigenvalue weighted by atomic mass is 16.6. The maximum atomic E-state index is 11.2. The molecule has 2 N–H and O–H groups in total. The van der Waals surface area contributed by atoms with Gasteiger partial charge in [-0.15, -0.1) is 0 Å². The Kier molecular flexibility index (Phi) is 11.7. The van der Waals surface area contributed by atoms with Crippen molar-refractivity contribution in [1.29, 1.82) is 0 Å². The third-order valence-corrected chi connectivity index (χ3v) is 3.27. The Morgan fingerprint density at radius 3 is 1.35 bits per heavy atom. The molecule has 0 fully saturated rings. The highest BCUT2D eigenvalue weighted by molar-refractivity contribution is 5.87. The zero-order valence-corrected chi connectivity index (χ0v) is 15.9. The minimum Gasteiger partial charge on any atom is -0.460 e. The third kappa shape index (κ3) is 11.0. The number of carbonyl (C=O) groups is 2. The fourth-order valence-electron chi connectivity index (χ4n) is 1.48. The molecule has 0 aromatic heterocycles. The molecular formula is C18H30O8. The minimum atomic E-state index is -0.972. The number of rotatable bonds is 13. The Labute approximate surface area is 154 Å². The fraction of sp³-hybridized carbons (Fsp3) is 0.667. The van der Waals surface area contributed by atoms with E-state index in [1.165, 1.54) is 13.8 Å². The summed E-state index contributed by atoms with van der Waals surface area (Å²) in [5.41, 5.74) is 0.502. The molecular weight excluding hydrogens is 344 g/mol. The Bertz CT molecular complexity index is 444. The second-order valence-corrected chi connectivity index (χ2v) is 6.14. The van der Waals surface area contributed by atoms with E-state index in [0.29, 0.717) is 0 Å². The van der Waals surface area contributed by atoms with Crippen LogP contribution in [0.5, 0.6) is 0 Å². The highest BCUT2D eigenvalue weighted by Gasteiger charge is 2.18. The molecule has 0 saturated heterocycles. The molecule has 26 heavy (non-hydrogen) atoms. The molecule has 0 heterocycles. The minimum absolute atomic E-state index is 0.0445. The van der Waals surface area contributed by atoms with Gasteiger partial charge in [-0.3, -0.25) is 0 Å². The Morgan fingerprint density at radius 1 is 0.769 bits per heavy atom. The van der Waals surface area contributed by atoms with Crippen LogP contribution in [-0.4, -0.2) is 73.0 Å². The number of aliphatic hydroxyl groups excluding tert-OH is 2. The Hall–Kier alpha value is -1.74. The van der Waals surface area contributed by atoms with Crippen molar-refractivity contribution in [3.63, 3.8) is 0 Å². The van der Waals surface area contributed by atoms with Gasteiger partial charge in [-0.25, -0.2) is 9.59 Å². The Balaban J connectivity index is 3.99. The lowest BCUT2D eigenvalue weighted by Gasteiger charge is -2.23. The second-order valence-electron chi connectivity index (χ2n) is 6.14. The lowest BCUT2D eigenvalue weighted by atomic mass is 10.2. The average Bonchev–Trinajstić information content (AvgIpc) is 2.59. The van der Waals surface area contributed by atoms with Gasteiger partial charge in [0.1, 0.15) is 25.4 Å². The van der Waals surface area contributed by atoms with E-state index in [1.807, 2.05) is 0 Å². The monoisotopic (exact) mass is 374 g/mol. The molecule has 0 bridgehead atoms. The smallest absolute Gasteiger partial charge is 0.333 e. The Morgan fingerprint density at radius 2 is 1.08 bits per heavy atom. The lowest BCUT2D eigenvalue weighted by Crippen LogP contribution is -2.34. The van der Waals surface area contributed by atoms with Gasteiger partial charge >= 0.3 is 11.9 Å². The van der Waals surface area contributed by atoms with Crippen molar-refractivity contribution < 1.29 is 38.7 Å². The molecule has 0 aliphatic carbocycles. The van der Waals surface area contributed by atoms with E-state index in [2.05, 4.69) is 13.2 Å². The summed E-state index contributed by atoms with van der Waals surface area (Å²) in [5.74, 6) is -1.15.